The van der Waals surface area contributed by atoms with Crippen molar-refractivity contribution in [2.45, 2.75) is 39.3 Å². The van der Waals surface area contributed by atoms with E-state index in [9.17, 15) is 0 Å². The maximum absolute atomic E-state index is 5.70. The Bertz CT molecular complexity index is 139. The minimum Gasteiger partial charge on any atom is -0.420 e. The van der Waals surface area contributed by atoms with Gasteiger partial charge in [0.25, 0.3) is 0 Å². The number of terminal acetylenes is 1. The first-order valence-corrected chi connectivity index (χ1v) is 7.22. The van der Waals surface area contributed by atoms with E-state index in [1.54, 1.807) is 0 Å². The first-order valence-electron chi connectivity index (χ1n) is 4.78. The van der Waals surface area contributed by atoms with Crippen LogP contribution in [0.25, 0.3) is 0 Å². The normalized spacial score (nSPS) is 15.2. The molecule has 0 aromatic carbocycles. The van der Waals surface area contributed by atoms with Gasteiger partial charge in [0.15, 0.2) is 9.04 Å². The Morgan fingerprint density at radius 2 is 2.25 bits per heavy atom. The highest BCUT2D eigenvalue weighted by molar-refractivity contribution is 6.50. The van der Waals surface area contributed by atoms with Gasteiger partial charge >= 0.3 is 0 Å². The maximum Gasteiger partial charge on any atom is 0.173 e. The molecule has 0 rings (SSSR count). The van der Waals surface area contributed by atoms with Crippen LogP contribution in [-0.2, 0) is 4.43 Å². The highest BCUT2D eigenvalue weighted by atomic mass is 28.3. The molecular weight excluding hydrogens is 164 g/mol. The smallest absolute Gasteiger partial charge is 0.173 e. The first-order chi connectivity index (χ1) is 5.70. The Labute approximate surface area is 78.2 Å². The van der Waals surface area contributed by atoms with Crippen LogP contribution >= 0.6 is 0 Å². The van der Waals surface area contributed by atoms with Crippen LogP contribution in [0.5, 0.6) is 0 Å². The molecule has 0 aromatic rings. The van der Waals surface area contributed by atoms with E-state index in [1.807, 2.05) is 0 Å². The predicted molar refractivity (Wildman–Crippen MR) is 56.7 cm³/mol. The van der Waals surface area contributed by atoms with Crippen LogP contribution in [0.15, 0.2) is 0 Å². The molecule has 0 saturated carbocycles. The van der Waals surface area contributed by atoms with E-state index >= 15 is 0 Å². The molecule has 0 N–H and O–H groups in total. The number of hydrogen-bond donors (Lipinski definition) is 0. The van der Waals surface area contributed by atoms with Crippen molar-refractivity contribution >= 4 is 9.04 Å². The summed E-state index contributed by atoms with van der Waals surface area (Å²) in [5.41, 5.74) is 0. The van der Waals surface area contributed by atoms with Crippen molar-refractivity contribution in [3.8, 4) is 12.3 Å². The van der Waals surface area contributed by atoms with E-state index in [4.69, 9.17) is 10.8 Å². The summed E-state index contributed by atoms with van der Waals surface area (Å²) in [5.74, 6) is 3.07. The molecule has 2 atom stereocenters. The summed E-state index contributed by atoms with van der Waals surface area (Å²) in [6.07, 6.45) is 7.51. The molecule has 0 aliphatic heterocycles. The van der Waals surface area contributed by atoms with Crippen molar-refractivity contribution in [2.75, 3.05) is 6.61 Å². The third-order valence-electron chi connectivity index (χ3n) is 1.93. The van der Waals surface area contributed by atoms with Gasteiger partial charge in [0.2, 0.25) is 0 Å². The average Bonchev–Trinajstić information content (AvgIpc) is 2.04. The fraction of sp³-hybridized carbons (Fsp3) is 0.800. The summed E-state index contributed by atoms with van der Waals surface area (Å²) >= 11 is 0. The van der Waals surface area contributed by atoms with Gasteiger partial charge in [-0.1, -0.05) is 20.3 Å². The standard InChI is InChI=1S/C10H20OSi/c1-5-9-12(4)11-8-7-10(3)6-2/h2,10,12H,5,7-9H2,1,3-4H3. The molecule has 70 valence electrons. The molecule has 0 saturated heterocycles. The van der Waals surface area contributed by atoms with Gasteiger partial charge in [-0.15, -0.1) is 12.3 Å². The molecule has 0 aliphatic rings. The van der Waals surface area contributed by atoms with Crippen molar-refractivity contribution in [3.63, 3.8) is 0 Å². The maximum atomic E-state index is 5.70. The highest BCUT2D eigenvalue weighted by Crippen LogP contribution is 2.03. The van der Waals surface area contributed by atoms with Gasteiger partial charge in [0.05, 0.1) is 0 Å². The number of hydrogen-bond acceptors (Lipinski definition) is 1. The predicted octanol–water partition coefficient (Wildman–Crippen LogP) is 2.43. The second kappa shape index (κ2) is 7.39. The molecule has 0 spiro atoms. The SMILES string of the molecule is C#CC(C)CCO[SiH](C)CCC. The molecule has 0 aliphatic carbocycles. The third kappa shape index (κ3) is 6.45. The lowest BCUT2D eigenvalue weighted by molar-refractivity contribution is 0.301. The van der Waals surface area contributed by atoms with Crippen molar-refractivity contribution in [2.24, 2.45) is 5.92 Å². The lowest BCUT2D eigenvalue weighted by Gasteiger charge is -2.11. The van der Waals surface area contributed by atoms with E-state index < -0.39 is 9.04 Å². The zero-order chi connectivity index (χ0) is 9.40. The summed E-state index contributed by atoms with van der Waals surface area (Å²) in [7, 11) is -0.841. The second-order valence-electron chi connectivity index (χ2n) is 3.33. The molecule has 0 heterocycles. The topological polar surface area (TPSA) is 9.23 Å². The minimum atomic E-state index is -0.841. The quantitative estimate of drug-likeness (QED) is 0.455. The van der Waals surface area contributed by atoms with Gasteiger partial charge in [-0.3, -0.25) is 0 Å². The Kier molecular flexibility index (Phi) is 7.23. The fourth-order valence-electron chi connectivity index (χ4n) is 1.02. The third-order valence-corrected chi connectivity index (χ3v) is 4.13. The molecule has 0 bridgehead atoms. The molecule has 0 aromatic heterocycles. The van der Waals surface area contributed by atoms with Crippen LogP contribution in [0, 0.1) is 18.3 Å². The van der Waals surface area contributed by atoms with Crippen molar-refractivity contribution in [1.29, 1.82) is 0 Å². The van der Waals surface area contributed by atoms with E-state index in [2.05, 4.69) is 26.3 Å². The van der Waals surface area contributed by atoms with Gasteiger partial charge in [-0.25, -0.2) is 0 Å². The van der Waals surface area contributed by atoms with Crippen LogP contribution in [-0.4, -0.2) is 15.6 Å². The van der Waals surface area contributed by atoms with E-state index in [0.717, 1.165) is 13.0 Å². The molecule has 0 amide bonds. The van der Waals surface area contributed by atoms with Crippen molar-refractivity contribution < 1.29 is 4.43 Å². The molecule has 12 heavy (non-hydrogen) atoms. The van der Waals surface area contributed by atoms with Crippen molar-refractivity contribution in [1.82, 2.24) is 0 Å². The van der Waals surface area contributed by atoms with Gasteiger partial charge in [-0.05, 0) is 19.0 Å². The molecule has 2 heteroatoms. The van der Waals surface area contributed by atoms with E-state index in [-0.39, 0.29) is 0 Å². The lowest BCUT2D eigenvalue weighted by Crippen LogP contribution is -2.14. The Hall–Kier alpha value is -0.263. The molecule has 1 nitrogen and oxygen atoms in total. The fourth-order valence-corrected chi connectivity index (χ4v) is 2.54. The molecule has 2 unspecified atom stereocenters. The Morgan fingerprint density at radius 3 is 2.75 bits per heavy atom. The molecular formula is C10H20OSi. The Balaban J connectivity index is 3.25. The number of rotatable bonds is 6. The van der Waals surface area contributed by atoms with Crippen LogP contribution in [0.3, 0.4) is 0 Å². The largest absolute Gasteiger partial charge is 0.420 e. The summed E-state index contributed by atoms with van der Waals surface area (Å²) in [4.78, 5) is 0. The van der Waals surface area contributed by atoms with Crippen LogP contribution in [0.2, 0.25) is 12.6 Å². The zero-order valence-electron chi connectivity index (χ0n) is 8.47. The van der Waals surface area contributed by atoms with Gasteiger partial charge in [0, 0.05) is 12.5 Å². The van der Waals surface area contributed by atoms with Crippen LogP contribution < -0.4 is 0 Å². The summed E-state index contributed by atoms with van der Waals surface area (Å²) in [6.45, 7) is 7.38. The highest BCUT2D eigenvalue weighted by Gasteiger charge is 2.03. The van der Waals surface area contributed by atoms with Gasteiger partial charge < -0.3 is 4.43 Å². The van der Waals surface area contributed by atoms with E-state index in [1.165, 1.54) is 12.5 Å². The van der Waals surface area contributed by atoms with E-state index in [0.29, 0.717) is 5.92 Å². The van der Waals surface area contributed by atoms with Gasteiger partial charge in [-0.2, -0.15) is 0 Å². The average molecular weight is 184 g/mol. The monoisotopic (exact) mass is 184 g/mol. The van der Waals surface area contributed by atoms with Gasteiger partial charge in [0.1, 0.15) is 0 Å². The summed E-state index contributed by atoms with van der Waals surface area (Å²) in [5, 5.41) is 0. The molecule has 0 radical (unpaired) electrons. The second-order valence-corrected chi connectivity index (χ2v) is 5.86. The first kappa shape index (κ1) is 11.7. The Morgan fingerprint density at radius 1 is 1.58 bits per heavy atom. The van der Waals surface area contributed by atoms with Crippen LogP contribution in [0.1, 0.15) is 26.7 Å². The molecule has 0 fully saturated rings. The van der Waals surface area contributed by atoms with Crippen LogP contribution in [0.4, 0.5) is 0 Å². The lowest BCUT2D eigenvalue weighted by atomic mass is 10.1. The summed E-state index contributed by atoms with van der Waals surface area (Å²) in [6, 6.07) is 1.28. The van der Waals surface area contributed by atoms with Crippen molar-refractivity contribution in [3.05, 3.63) is 0 Å². The zero-order valence-corrected chi connectivity index (χ0v) is 9.62. The minimum absolute atomic E-state index is 0.368. The summed E-state index contributed by atoms with van der Waals surface area (Å²) < 4.78 is 5.70.